The highest BCUT2D eigenvalue weighted by atomic mass is 16.1. The van der Waals surface area contributed by atoms with Crippen LogP contribution in [0.15, 0.2) is 95.2 Å². The van der Waals surface area contributed by atoms with Gasteiger partial charge in [-0.2, -0.15) is 10.2 Å². The van der Waals surface area contributed by atoms with Crippen molar-refractivity contribution < 1.29 is 9.59 Å². The molecule has 26 heavy (non-hydrogen) atoms. The second-order valence-corrected chi connectivity index (χ2v) is 5.18. The maximum atomic E-state index is 10.6. The van der Waals surface area contributed by atoms with E-state index in [1.165, 1.54) is 24.3 Å². The molecular weight excluding hydrogens is 328 g/mol. The molecule has 2 amide bonds. The molecule has 3 aromatic carbocycles. The lowest BCUT2D eigenvalue weighted by Gasteiger charge is -1.96. The zero-order chi connectivity index (χ0) is 18.8. The Morgan fingerprint density at radius 1 is 0.538 bits per heavy atom. The van der Waals surface area contributed by atoms with Crippen molar-refractivity contribution in [3.05, 3.63) is 96.1 Å². The van der Waals surface area contributed by atoms with E-state index in [1.54, 1.807) is 0 Å². The molecule has 0 aliphatic rings. The number of carbonyl (C=O) groups excluding carboxylic acids is 2. The average Bonchev–Trinajstić information content (AvgIpc) is 2.68. The van der Waals surface area contributed by atoms with Gasteiger partial charge >= 0.3 is 0 Å². The minimum Gasteiger partial charge on any atom is -0.366 e. The molecule has 3 aromatic rings. The Labute approximate surface area is 151 Å². The highest BCUT2D eigenvalue weighted by Gasteiger charge is 2.02. The van der Waals surface area contributed by atoms with E-state index in [9.17, 15) is 9.59 Å². The van der Waals surface area contributed by atoms with Gasteiger partial charge < -0.3 is 11.5 Å². The first-order valence-corrected chi connectivity index (χ1v) is 7.78. The Morgan fingerprint density at radius 3 is 1.12 bits per heavy atom. The normalized spacial score (nSPS) is 10.0. The molecule has 3 rings (SSSR count). The summed E-state index contributed by atoms with van der Waals surface area (Å²) >= 11 is 0. The molecule has 0 fully saturated rings. The van der Waals surface area contributed by atoms with Crippen molar-refractivity contribution in [2.45, 2.75) is 0 Å². The zero-order valence-corrected chi connectivity index (χ0v) is 13.9. The van der Waals surface area contributed by atoms with Crippen molar-refractivity contribution in [2.75, 3.05) is 0 Å². The van der Waals surface area contributed by atoms with E-state index < -0.39 is 11.8 Å². The molecule has 0 spiro atoms. The van der Waals surface area contributed by atoms with E-state index in [4.69, 9.17) is 11.5 Å². The number of rotatable bonds is 4. The van der Waals surface area contributed by atoms with Gasteiger partial charge in [0.25, 0.3) is 0 Å². The molecular formula is C20H18N4O2. The molecule has 0 bridgehead atoms. The van der Waals surface area contributed by atoms with Crippen molar-refractivity contribution in [3.63, 3.8) is 0 Å². The molecule has 6 heteroatoms. The summed E-state index contributed by atoms with van der Waals surface area (Å²) in [6.07, 6.45) is 0. The van der Waals surface area contributed by atoms with E-state index in [0.717, 1.165) is 11.4 Å². The fourth-order valence-electron chi connectivity index (χ4n) is 1.90. The first-order valence-electron chi connectivity index (χ1n) is 7.78. The van der Waals surface area contributed by atoms with Crippen LogP contribution in [0.5, 0.6) is 0 Å². The predicted molar refractivity (Wildman–Crippen MR) is 101 cm³/mol. The number of nitrogens with zero attached hydrogens (tertiary/aromatic N) is 2. The van der Waals surface area contributed by atoms with Crippen LogP contribution in [-0.4, -0.2) is 11.8 Å². The molecule has 0 radical (unpaired) electrons. The van der Waals surface area contributed by atoms with Gasteiger partial charge in [0.15, 0.2) is 0 Å². The van der Waals surface area contributed by atoms with Crippen molar-refractivity contribution in [2.24, 2.45) is 21.7 Å². The fourth-order valence-corrected chi connectivity index (χ4v) is 1.90. The molecule has 0 aromatic heterocycles. The standard InChI is InChI=1S/C12H10N2.C8H8N2O2/c1-3-7-11(8-4-1)13-14-12-9-5-2-6-10-12;9-7(11)5-1-2-6(4-3-5)8(10)12/h1-10H;1-4H,(H2,9,11)(H2,10,12). The summed E-state index contributed by atoms with van der Waals surface area (Å²) in [5.41, 5.74) is 12.4. The highest BCUT2D eigenvalue weighted by Crippen LogP contribution is 2.16. The molecule has 0 atom stereocenters. The third-order valence-electron chi connectivity index (χ3n) is 3.25. The van der Waals surface area contributed by atoms with Crippen molar-refractivity contribution in [3.8, 4) is 0 Å². The van der Waals surface area contributed by atoms with Crippen LogP contribution in [0, 0.1) is 0 Å². The average molecular weight is 346 g/mol. The largest absolute Gasteiger partial charge is 0.366 e. The van der Waals surface area contributed by atoms with Crippen molar-refractivity contribution in [1.29, 1.82) is 0 Å². The van der Waals surface area contributed by atoms with E-state index >= 15 is 0 Å². The quantitative estimate of drug-likeness (QED) is 0.696. The molecule has 0 saturated carbocycles. The molecule has 0 aliphatic heterocycles. The number of benzene rings is 3. The number of primary amides is 2. The predicted octanol–water partition coefficient (Wildman–Crippen LogP) is 3.99. The summed E-state index contributed by atoms with van der Waals surface area (Å²) < 4.78 is 0. The monoisotopic (exact) mass is 346 g/mol. The van der Waals surface area contributed by atoms with Gasteiger partial charge in [0.2, 0.25) is 11.8 Å². The summed E-state index contributed by atoms with van der Waals surface area (Å²) in [6.45, 7) is 0. The van der Waals surface area contributed by atoms with E-state index in [2.05, 4.69) is 10.2 Å². The van der Waals surface area contributed by atoms with E-state index in [0.29, 0.717) is 11.1 Å². The number of amides is 2. The zero-order valence-electron chi connectivity index (χ0n) is 13.9. The summed E-state index contributed by atoms with van der Waals surface area (Å²) in [4.78, 5) is 21.2. The minimum absolute atomic E-state index is 0.361. The summed E-state index contributed by atoms with van der Waals surface area (Å²) in [5, 5.41) is 8.20. The number of hydrogen-bond acceptors (Lipinski definition) is 4. The topological polar surface area (TPSA) is 111 Å². The Balaban J connectivity index is 0.000000190. The smallest absolute Gasteiger partial charge is 0.248 e. The second-order valence-electron chi connectivity index (χ2n) is 5.18. The number of hydrogen-bond donors (Lipinski definition) is 2. The third kappa shape index (κ3) is 6.01. The molecule has 130 valence electrons. The lowest BCUT2D eigenvalue weighted by Crippen LogP contribution is -2.13. The molecule has 0 heterocycles. The fraction of sp³-hybridized carbons (Fsp3) is 0. The van der Waals surface area contributed by atoms with E-state index in [1.807, 2.05) is 60.7 Å². The summed E-state index contributed by atoms with van der Waals surface area (Å²) in [7, 11) is 0. The van der Waals surface area contributed by atoms with E-state index in [-0.39, 0.29) is 0 Å². The van der Waals surface area contributed by atoms with Crippen LogP contribution in [0.2, 0.25) is 0 Å². The Kier molecular flexibility index (Phi) is 6.76. The first kappa shape index (κ1) is 18.5. The van der Waals surface area contributed by atoms with Crippen LogP contribution >= 0.6 is 0 Å². The number of azo groups is 1. The second kappa shape index (κ2) is 9.48. The van der Waals surface area contributed by atoms with Gasteiger partial charge in [-0.1, -0.05) is 36.4 Å². The van der Waals surface area contributed by atoms with Crippen molar-refractivity contribution in [1.82, 2.24) is 0 Å². The van der Waals surface area contributed by atoms with Crippen LogP contribution in [0.1, 0.15) is 20.7 Å². The lowest BCUT2D eigenvalue weighted by atomic mass is 10.1. The van der Waals surface area contributed by atoms with Crippen LogP contribution in [0.25, 0.3) is 0 Å². The Morgan fingerprint density at radius 2 is 0.846 bits per heavy atom. The number of carbonyl (C=O) groups is 2. The van der Waals surface area contributed by atoms with Gasteiger partial charge in [-0.15, -0.1) is 0 Å². The van der Waals surface area contributed by atoms with Gasteiger partial charge in [0.05, 0.1) is 11.4 Å². The van der Waals surface area contributed by atoms with Gasteiger partial charge in [-0.05, 0) is 48.5 Å². The van der Waals surface area contributed by atoms with Crippen LogP contribution in [-0.2, 0) is 0 Å². The van der Waals surface area contributed by atoms with Gasteiger partial charge in [-0.25, -0.2) is 0 Å². The van der Waals surface area contributed by atoms with Crippen LogP contribution < -0.4 is 11.5 Å². The molecule has 4 N–H and O–H groups in total. The summed E-state index contributed by atoms with van der Waals surface area (Å²) in [5.74, 6) is -1.04. The lowest BCUT2D eigenvalue weighted by molar-refractivity contribution is 0.0988. The Bertz CT molecular complexity index is 802. The maximum Gasteiger partial charge on any atom is 0.248 e. The van der Waals surface area contributed by atoms with Gasteiger partial charge in [0.1, 0.15) is 0 Å². The maximum absolute atomic E-state index is 10.6. The minimum atomic E-state index is -0.522. The molecule has 6 nitrogen and oxygen atoms in total. The SMILES string of the molecule is NC(=O)c1ccc(C(N)=O)cc1.c1ccc(N=Nc2ccccc2)cc1. The highest BCUT2D eigenvalue weighted by molar-refractivity contribution is 5.96. The molecule has 0 aliphatic carbocycles. The van der Waals surface area contributed by atoms with Crippen LogP contribution in [0.4, 0.5) is 11.4 Å². The molecule has 0 unspecified atom stereocenters. The summed E-state index contributed by atoms with van der Waals surface area (Å²) in [6, 6.07) is 25.2. The molecule has 0 saturated heterocycles. The number of nitrogens with two attached hydrogens (primary N) is 2. The first-order chi connectivity index (χ1) is 12.6. The van der Waals surface area contributed by atoms with Crippen molar-refractivity contribution >= 4 is 23.2 Å². The van der Waals surface area contributed by atoms with Crippen LogP contribution in [0.3, 0.4) is 0 Å². The third-order valence-corrected chi connectivity index (χ3v) is 3.25. The van der Waals surface area contributed by atoms with Gasteiger partial charge in [-0.3, -0.25) is 9.59 Å². The Hall–Kier alpha value is -3.80. The van der Waals surface area contributed by atoms with Gasteiger partial charge in [0, 0.05) is 11.1 Å².